The van der Waals surface area contributed by atoms with Crippen molar-refractivity contribution in [2.24, 2.45) is 0 Å². The lowest BCUT2D eigenvalue weighted by atomic mass is 9.96. The summed E-state index contributed by atoms with van der Waals surface area (Å²) in [7, 11) is 1.57. The molecular weight excluding hydrogens is 380 g/mol. The summed E-state index contributed by atoms with van der Waals surface area (Å²) in [5.74, 6) is -0.495. The molecule has 0 unspecified atom stereocenters. The molecule has 0 N–H and O–H groups in total. The molecule has 30 heavy (non-hydrogen) atoms. The molecule has 4 rings (SSSR count). The molecule has 2 aromatic rings. The van der Waals surface area contributed by atoms with E-state index in [2.05, 4.69) is 29.2 Å². The molecule has 7 nitrogen and oxygen atoms in total. The van der Waals surface area contributed by atoms with E-state index in [1.165, 1.54) is 16.0 Å². The van der Waals surface area contributed by atoms with Crippen molar-refractivity contribution in [2.75, 3.05) is 46.3 Å². The predicted molar refractivity (Wildman–Crippen MR) is 113 cm³/mol. The Kier molecular flexibility index (Phi) is 5.81. The van der Waals surface area contributed by atoms with Gasteiger partial charge < -0.3 is 9.80 Å². The van der Waals surface area contributed by atoms with Crippen LogP contribution in [0.15, 0.2) is 60.7 Å². The van der Waals surface area contributed by atoms with Gasteiger partial charge in [0.25, 0.3) is 5.91 Å². The number of imide groups is 1. The van der Waals surface area contributed by atoms with Crippen LogP contribution in [0.25, 0.3) is 0 Å². The van der Waals surface area contributed by atoms with Crippen LogP contribution >= 0.6 is 0 Å². The van der Waals surface area contributed by atoms with Crippen LogP contribution < -0.4 is 0 Å². The quantitative estimate of drug-likeness (QED) is 0.711. The molecule has 156 valence electrons. The van der Waals surface area contributed by atoms with E-state index in [9.17, 15) is 14.4 Å². The van der Waals surface area contributed by atoms with Gasteiger partial charge in [0.2, 0.25) is 5.91 Å². The number of hydrogen-bond donors (Lipinski definition) is 0. The third-order valence-electron chi connectivity index (χ3n) is 5.79. The highest BCUT2D eigenvalue weighted by molar-refractivity contribution is 6.04. The van der Waals surface area contributed by atoms with Gasteiger partial charge in [0.05, 0.1) is 6.04 Å². The summed E-state index contributed by atoms with van der Waals surface area (Å²) < 4.78 is 0. The molecule has 2 aromatic carbocycles. The Hall–Kier alpha value is -3.19. The van der Waals surface area contributed by atoms with Crippen LogP contribution in [0.2, 0.25) is 0 Å². The summed E-state index contributed by atoms with van der Waals surface area (Å²) >= 11 is 0. The first-order valence-electron chi connectivity index (χ1n) is 10.2. The highest BCUT2D eigenvalue weighted by Crippen LogP contribution is 2.29. The van der Waals surface area contributed by atoms with Crippen LogP contribution in [0.3, 0.4) is 0 Å². The summed E-state index contributed by atoms with van der Waals surface area (Å²) in [4.78, 5) is 43.2. The standard InChI is InChI=1S/C23H26N4O3/c1-24-16-21(29)27(23(24)30)17-20(28)25-12-14-26(15-13-25)22(18-8-4-2-5-9-18)19-10-6-3-7-11-19/h2-11,22H,12-17H2,1H3. The molecule has 0 saturated carbocycles. The SMILES string of the molecule is CN1CC(=O)N(CC(=O)N2CCN(C(c3ccccc3)c3ccccc3)CC2)C1=O. The normalized spacial score (nSPS) is 17.9. The van der Waals surface area contributed by atoms with Gasteiger partial charge in [-0.3, -0.25) is 19.4 Å². The number of rotatable bonds is 5. The van der Waals surface area contributed by atoms with Gasteiger partial charge in [0.15, 0.2) is 0 Å². The number of benzene rings is 2. The lowest BCUT2D eigenvalue weighted by Crippen LogP contribution is -2.52. The number of piperazine rings is 1. The maximum Gasteiger partial charge on any atom is 0.327 e. The van der Waals surface area contributed by atoms with Crippen molar-refractivity contribution in [3.8, 4) is 0 Å². The van der Waals surface area contributed by atoms with Gasteiger partial charge in [-0.25, -0.2) is 4.79 Å². The van der Waals surface area contributed by atoms with Crippen molar-refractivity contribution < 1.29 is 14.4 Å². The minimum Gasteiger partial charge on any atom is -0.339 e. The summed E-state index contributed by atoms with van der Waals surface area (Å²) in [6, 6.07) is 20.5. The average molecular weight is 406 g/mol. The maximum atomic E-state index is 12.7. The molecule has 2 saturated heterocycles. The van der Waals surface area contributed by atoms with Crippen LogP contribution in [0.5, 0.6) is 0 Å². The Labute approximate surface area is 176 Å². The number of likely N-dealkylation sites (N-methyl/N-ethyl adjacent to an activating group) is 1. The molecule has 0 radical (unpaired) electrons. The molecular formula is C23H26N4O3. The summed E-state index contributed by atoms with van der Waals surface area (Å²) in [5.41, 5.74) is 2.44. The zero-order valence-electron chi connectivity index (χ0n) is 17.1. The van der Waals surface area contributed by atoms with E-state index in [1.807, 2.05) is 36.4 Å². The van der Waals surface area contributed by atoms with Gasteiger partial charge in [-0.2, -0.15) is 0 Å². The summed E-state index contributed by atoms with van der Waals surface area (Å²) in [6.07, 6.45) is 0. The summed E-state index contributed by atoms with van der Waals surface area (Å²) in [5, 5.41) is 0. The molecule has 2 heterocycles. The monoisotopic (exact) mass is 406 g/mol. The van der Waals surface area contributed by atoms with Crippen LogP contribution in [0, 0.1) is 0 Å². The predicted octanol–water partition coefficient (Wildman–Crippen LogP) is 1.81. The van der Waals surface area contributed by atoms with Gasteiger partial charge in [-0.05, 0) is 11.1 Å². The smallest absolute Gasteiger partial charge is 0.327 e. The number of urea groups is 1. The Morgan fingerprint density at radius 2 is 1.40 bits per heavy atom. The van der Waals surface area contributed by atoms with Crippen molar-refractivity contribution in [3.63, 3.8) is 0 Å². The average Bonchev–Trinajstić information content (AvgIpc) is 3.02. The van der Waals surface area contributed by atoms with E-state index in [0.717, 1.165) is 18.0 Å². The van der Waals surface area contributed by atoms with Crippen LogP contribution in [0.1, 0.15) is 17.2 Å². The molecule has 7 heteroatoms. The Morgan fingerprint density at radius 1 is 0.867 bits per heavy atom. The second kappa shape index (κ2) is 8.67. The zero-order valence-corrected chi connectivity index (χ0v) is 17.1. The first-order valence-corrected chi connectivity index (χ1v) is 10.2. The zero-order chi connectivity index (χ0) is 21.1. The maximum absolute atomic E-state index is 12.7. The van der Waals surface area contributed by atoms with Crippen molar-refractivity contribution >= 4 is 17.8 Å². The Morgan fingerprint density at radius 3 is 1.87 bits per heavy atom. The van der Waals surface area contributed by atoms with E-state index in [0.29, 0.717) is 13.1 Å². The number of carbonyl (C=O) groups is 3. The molecule has 2 aliphatic heterocycles. The lowest BCUT2D eigenvalue weighted by Gasteiger charge is -2.40. The first kappa shape index (κ1) is 20.1. The van der Waals surface area contributed by atoms with Gasteiger partial charge in [-0.15, -0.1) is 0 Å². The van der Waals surface area contributed by atoms with E-state index in [4.69, 9.17) is 0 Å². The molecule has 0 atom stereocenters. The fraction of sp³-hybridized carbons (Fsp3) is 0.348. The number of carbonyl (C=O) groups excluding carboxylic acids is 3. The van der Waals surface area contributed by atoms with Crippen LogP contribution in [-0.4, -0.2) is 83.8 Å². The highest BCUT2D eigenvalue weighted by atomic mass is 16.2. The molecule has 2 aliphatic rings. The second-order valence-electron chi connectivity index (χ2n) is 7.76. The van der Waals surface area contributed by atoms with Gasteiger partial charge in [0.1, 0.15) is 13.1 Å². The van der Waals surface area contributed by atoms with Crippen molar-refractivity contribution in [1.82, 2.24) is 19.6 Å². The van der Waals surface area contributed by atoms with Gasteiger partial charge >= 0.3 is 6.03 Å². The van der Waals surface area contributed by atoms with Gasteiger partial charge in [0, 0.05) is 33.2 Å². The fourth-order valence-corrected chi connectivity index (χ4v) is 4.17. The number of amides is 4. The second-order valence-corrected chi connectivity index (χ2v) is 7.76. The fourth-order valence-electron chi connectivity index (χ4n) is 4.17. The molecule has 0 aromatic heterocycles. The van der Waals surface area contributed by atoms with Crippen LogP contribution in [-0.2, 0) is 9.59 Å². The summed E-state index contributed by atoms with van der Waals surface area (Å²) in [6.45, 7) is 2.45. The van der Waals surface area contributed by atoms with Crippen molar-refractivity contribution in [3.05, 3.63) is 71.8 Å². The molecule has 4 amide bonds. The third-order valence-corrected chi connectivity index (χ3v) is 5.79. The minimum atomic E-state index is -0.403. The third kappa shape index (κ3) is 4.07. The molecule has 0 aliphatic carbocycles. The Balaban J connectivity index is 1.43. The number of hydrogen-bond acceptors (Lipinski definition) is 4. The van der Waals surface area contributed by atoms with E-state index >= 15 is 0 Å². The molecule has 0 spiro atoms. The lowest BCUT2D eigenvalue weighted by molar-refractivity contribution is -0.137. The van der Waals surface area contributed by atoms with E-state index in [-0.39, 0.29) is 30.9 Å². The van der Waals surface area contributed by atoms with E-state index in [1.54, 1.807) is 11.9 Å². The van der Waals surface area contributed by atoms with Gasteiger partial charge in [-0.1, -0.05) is 60.7 Å². The van der Waals surface area contributed by atoms with Crippen molar-refractivity contribution in [2.45, 2.75) is 6.04 Å². The largest absolute Gasteiger partial charge is 0.339 e. The molecule has 2 fully saturated rings. The minimum absolute atomic E-state index is 0.0374. The van der Waals surface area contributed by atoms with Crippen LogP contribution in [0.4, 0.5) is 4.79 Å². The topological polar surface area (TPSA) is 64.2 Å². The highest BCUT2D eigenvalue weighted by Gasteiger charge is 2.36. The number of nitrogens with zero attached hydrogens (tertiary/aromatic N) is 4. The Bertz CT molecular complexity index is 871. The van der Waals surface area contributed by atoms with E-state index < -0.39 is 6.03 Å². The van der Waals surface area contributed by atoms with Crippen molar-refractivity contribution in [1.29, 1.82) is 0 Å². The first-order chi connectivity index (χ1) is 14.5. The molecule has 0 bridgehead atoms.